The molecular weight excluding hydrogens is 268 g/mol. The van der Waals surface area contributed by atoms with Gasteiger partial charge < -0.3 is 15.5 Å². The SMILES string of the molecule is CCC(CCO)CNc1cc(C(=O)O)c2ccccc2n1. The average Bonchev–Trinajstić information content (AvgIpc) is 2.50. The number of aliphatic hydroxyl groups excluding tert-OH is 1. The quantitative estimate of drug-likeness (QED) is 0.729. The van der Waals surface area contributed by atoms with E-state index in [1.807, 2.05) is 6.07 Å². The van der Waals surface area contributed by atoms with E-state index in [1.165, 1.54) is 0 Å². The van der Waals surface area contributed by atoms with Crippen molar-refractivity contribution in [3.8, 4) is 0 Å². The third-order valence-electron chi connectivity index (χ3n) is 3.63. The average molecular weight is 288 g/mol. The second-order valence-electron chi connectivity index (χ2n) is 5.04. The summed E-state index contributed by atoms with van der Waals surface area (Å²) in [6.45, 7) is 2.89. The van der Waals surface area contributed by atoms with Gasteiger partial charge in [0.2, 0.25) is 0 Å². The smallest absolute Gasteiger partial charge is 0.336 e. The maximum absolute atomic E-state index is 11.4. The first kappa shape index (κ1) is 15.3. The molecule has 0 saturated carbocycles. The number of aliphatic hydroxyl groups is 1. The van der Waals surface area contributed by atoms with Crippen molar-refractivity contribution in [3.63, 3.8) is 0 Å². The normalized spacial score (nSPS) is 12.3. The van der Waals surface area contributed by atoms with E-state index in [2.05, 4.69) is 17.2 Å². The number of hydrogen-bond donors (Lipinski definition) is 3. The summed E-state index contributed by atoms with van der Waals surface area (Å²) in [7, 11) is 0. The molecule has 0 aliphatic carbocycles. The third-order valence-corrected chi connectivity index (χ3v) is 3.63. The van der Waals surface area contributed by atoms with Gasteiger partial charge in [-0.05, 0) is 24.5 Å². The number of hydrogen-bond acceptors (Lipinski definition) is 4. The van der Waals surface area contributed by atoms with Crippen molar-refractivity contribution < 1.29 is 15.0 Å². The van der Waals surface area contributed by atoms with Crippen LogP contribution in [0.3, 0.4) is 0 Å². The van der Waals surface area contributed by atoms with Crippen LogP contribution < -0.4 is 5.32 Å². The first-order chi connectivity index (χ1) is 10.2. The van der Waals surface area contributed by atoms with Crippen LogP contribution in [0.15, 0.2) is 30.3 Å². The number of carbonyl (C=O) groups is 1. The lowest BCUT2D eigenvalue weighted by atomic mass is 10.0. The molecule has 0 aliphatic rings. The van der Waals surface area contributed by atoms with Crippen molar-refractivity contribution in [2.45, 2.75) is 19.8 Å². The number of carboxylic acids is 1. The summed E-state index contributed by atoms with van der Waals surface area (Å²) in [5.41, 5.74) is 0.911. The minimum absolute atomic E-state index is 0.158. The van der Waals surface area contributed by atoms with E-state index in [4.69, 9.17) is 5.11 Å². The molecule has 0 bridgehead atoms. The monoisotopic (exact) mass is 288 g/mol. The highest BCUT2D eigenvalue weighted by Crippen LogP contribution is 2.21. The third kappa shape index (κ3) is 3.70. The van der Waals surface area contributed by atoms with Gasteiger partial charge in [0.25, 0.3) is 0 Å². The Morgan fingerprint density at radius 1 is 1.38 bits per heavy atom. The zero-order valence-electron chi connectivity index (χ0n) is 12.0. The Morgan fingerprint density at radius 3 is 2.81 bits per heavy atom. The lowest BCUT2D eigenvalue weighted by molar-refractivity contribution is 0.0699. The standard InChI is InChI=1S/C16H20N2O3/c1-2-11(7-8-19)10-17-15-9-13(16(20)21)12-5-3-4-6-14(12)18-15/h3-6,9,11,19H,2,7-8,10H2,1H3,(H,17,18)(H,20,21). The van der Waals surface area contributed by atoms with E-state index >= 15 is 0 Å². The largest absolute Gasteiger partial charge is 0.478 e. The summed E-state index contributed by atoms with van der Waals surface area (Å²) in [5.74, 6) is -0.0573. The molecule has 1 aromatic carbocycles. The van der Waals surface area contributed by atoms with Crippen molar-refractivity contribution in [1.29, 1.82) is 0 Å². The molecule has 1 unspecified atom stereocenters. The van der Waals surface area contributed by atoms with Gasteiger partial charge in [0.1, 0.15) is 5.82 Å². The van der Waals surface area contributed by atoms with Gasteiger partial charge in [-0.3, -0.25) is 0 Å². The van der Waals surface area contributed by atoms with Crippen molar-refractivity contribution in [3.05, 3.63) is 35.9 Å². The number of benzene rings is 1. The number of rotatable bonds is 7. The van der Waals surface area contributed by atoms with E-state index in [0.717, 1.165) is 12.8 Å². The second kappa shape index (κ2) is 7.04. The molecular formula is C16H20N2O3. The Labute approximate surface area is 123 Å². The van der Waals surface area contributed by atoms with Gasteiger partial charge in [-0.2, -0.15) is 0 Å². The maximum atomic E-state index is 11.4. The van der Waals surface area contributed by atoms with Crippen LogP contribution in [-0.2, 0) is 0 Å². The Morgan fingerprint density at radius 2 is 2.14 bits per heavy atom. The van der Waals surface area contributed by atoms with Crippen molar-refractivity contribution >= 4 is 22.7 Å². The Hall–Kier alpha value is -2.14. The number of fused-ring (bicyclic) bond motifs is 1. The highest BCUT2D eigenvalue weighted by molar-refractivity contribution is 6.03. The van der Waals surface area contributed by atoms with Gasteiger partial charge >= 0.3 is 5.97 Å². The van der Waals surface area contributed by atoms with Crippen molar-refractivity contribution in [2.24, 2.45) is 5.92 Å². The molecule has 5 nitrogen and oxygen atoms in total. The minimum atomic E-state index is -0.959. The molecule has 0 radical (unpaired) electrons. The number of aromatic carboxylic acids is 1. The zero-order chi connectivity index (χ0) is 15.2. The van der Waals surface area contributed by atoms with Gasteiger partial charge in [0, 0.05) is 18.5 Å². The Balaban J connectivity index is 2.26. The lowest BCUT2D eigenvalue weighted by Gasteiger charge is -2.15. The van der Waals surface area contributed by atoms with Crippen LogP contribution in [0, 0.1) is 5.92 Å². The van der Waals surface area contributed by atoms with Crippen LogP contribution in [0.2, 0.25) is 0 Å². The predicted molar refractivity (Wildman–Crippen MR) is 82.7 cm³/mol. The van der Waals surface area contributed by atoms with Crippen LogP contribution in [0.4, 0.5) is 5.82 Å². The molecule has 0 aliphatic heterocycles. The molecule has 1 atom stereocenters. The molecule has 5 heteroatoms. The maximum Gasteiger partial charge on any atom is 0.336 e. The van der Waals surface area contributed by atoms with E-state index in [0.29, 0.717) is 29.2 Å². The van der Waals surface area contributed by atoms with Crippen LogP contribution in [0.5, 0.6) is 0 Å². The predicted octanol–water partition coefficient (Wildman–Crippen LogP) is 2.75. The second-order valence-corrected chi connectivity index (χ2v) is 5.04. The van der Waals surface area contributed by atoms with Gasteiger partial charge in [-0.25, -0.2) is 9.78 Å². The minimum Gasteiger partial charge on any atom is -0.478 e. The number of nitrogens with zero attached hydrogens (tertiary/aromatic N) is 1. The van der Waals surface area contributed by atoms with E-state index in [-0.39, 0.29) is 12.2 Å². The first-order valence-electron chi connectivity index (χ1n) is 7.13. The van der Waals surface area contributed by atoms with Crippen LogP contribution in [0.25, 0.3) is 10.9 Å². The summed E-state index contributed by atoms with van der Waals surface area (Å²) in [5, 5.41) is 22.1. The summed E-state index contributed by atoms with van der Waals surface area (Å²) in [6, 6.07) is 8.77. The molecule has 0 spiro atoms. The Bertz CT molecular complexity index is 628. The van der Waals surface area contributed by atoms with Gasteiger partial charge in [-0.15, -0.1) is 0 Å². The molecule has 1 heterocycles. The fourth-order valence-electron chi connectivity index (χ4n) is 2.32. The first-order valence-corrected chi connectivity index (χ1v) is 7.13. The number of anilines is 1. The fraction of sp³-hybridized carbons (Fsp3) is 0.375. The number of pyridine rings is 1. The summed E-state index contributed by atoms with van der Waals surface area (Å²) in [4.78, 5) is 15.8. The number of carboxylic acid groups (broad SMARTS) is 1. The molecule has 2 aromatic rings. The summed E-state index contributed by atoms with van der Waals surface area (Å²) in [6.07, 6.45) is 1.68. The molecule has 0 saturated heterocycles. The fourth-order valence-corrected chi connectivity index (χ4v) is 2.32. The van der Waals surface area contributed by atoms with Crippen LogP contribution in [-0.4, -0.2) is 34.3 Å². The van der Waals surface area contributed by atoms with Gasteiger partial charge in [0.15, 0.2) is 0 Å². The Kier molecular flexibility index (Phi) is 5.11. The van der Waals surface area contributed by atoms with E-state index in [9.17, 15) is 9.90 Å². The van der Waals surface area contributed by atoms with E-state index in [1.54, 1.807) is 24.3 Å². The number of nitrogens with one attached hydrogen (secondary N) is 1. The summed E-state index contributed by atoms with van der Waals surface area (Å²) < 4.78 is 0. The molecule has 2 rings (SSSR count). The topological polar surface area (TPSA) is 82.5 Å². The molecule has 0 fully saturated rings. The molecule has 112 valence electrons. The van der Waals surface area contributed by atoms with Crippen LogP contribution in [0.1, 0.15) is 30.1 Å². The number of para-hydroxylation sites is 1. The highest BCUT2D eigenvalue weighted by Gasteiger charge is 2.12. The van der Waals surface area contributed by atoms with Crippen LogP contribution >= 0.6 is 0 Å². The number of aromatic nitrogens is 1. The van der Waals surface area contributed by atoms with Crippen molar-refractivity contribution in [2.75, 3.05) is 18.5 Å². The highest BCUT2D eigenvalue weighted by atomic mass is 16.4. The van der Waals surface area contributed by atoms with E-state index < -0.39 is 5.97 Å². The van der Waals surface area contributed by atoms with Crippen molar-refractivity contribution in [1.82, 2.24) is 4.98 Å². The van der Waals surface area contributed by atoms with Gasteiger partial charge in [-0.1, -0.05) is 31.5 Å². The molecule has 21 heavy (non-hydrogen) atoms. The lowest BCUT2D eigenvalue weighted by Crippen LogP contribution is -2.16. The molecule has 0 amide bonds. The molecule has 3 N–H and O–H groups in total. The van der Waals surface area contributed by atoms with Gasteiger partial charge in [0.05, 0.1) is 11.1 Å². The zero-order valence-corrected chi connectivity index (χ0v) is 12.0. The summed E-state index contributed by atoms with van der Waals surface area (Å²) >= 11 is 0. The molecule has 1 aromatic heterocycles.